The van der Waals surface area contributed by atoms with Gasteiger partial charge in [0.25, 0.3) is 0 Å². The summed E-state index contributed by atoms with van der Waals surface area (Å²) in [4.78, 5) is 6.62. The SMILES string of the molecule is CC(C)c1cc(CC2(N)N=C(N)C=C(N3CCN[C@H](C)C3)N2)on1. The molecular formula is C16H27N7O. The summed E-state index contributed by atoms with van der Waals surface area (Å²) in [6.45, 7) is 9.01. The standard InChI is InChI=1S/C16H27N7O/c1-10(2)13-6-12(24-22-13)8-16(18)20-14(17)7-15(21-16)23-5-4-19-11(3)9-23/h6-7,10-11,19,21H,4-5,8-9,18H2,1-3H3,(H2,17,20)/t11-,16?/m1/s1. The van der Waals surface area contributed by atoms with Crippen molar-refractivity contribution < 1.29 is 4.52 Å². The van der Waals surface area contributed by atoms with E-state index in [-0.39, 0.29) is 0 Å². The van der Waals surface area contributed by atoms with Crippen LogP contribution >= 0.6 is 0 Å². The van der Waals surface area contributed by atoms with E-state index in [4.69, 9.17) is 16.0 Å². The van der Waals surface area contributed by atoms with E-state index in [1.807, 2.05) is 12.1 Å². The average molecular weight is 333 g/mol. The minimum absolute atomic E-state index is 0.307. The Bertz CT molecular complexity index is 651. The van der Waals surface area contributed by atoms with Gasteiger partial charge in [0.1, 0.15) is 17.4 Å². The molecule has 6 N–H and O–H groups in total. The normalized spacial score (nSPS) is 27.7. The monoisotopic (exact) mass is 333 g/mol. The van der Waals surface area contributed by atoms with Crippen LogP contribution in [0.25, 0.3) is 0 Å². The van der Waals surface area contributed by atoms with Crippen LogP contribution in [0.15, 0.2) is 27.5 Å². The van der Waals surface area contributed by atoms with Crippen molar-refractivity contribution in [1.29, 1.82) is 0 Å². The third-order valence-corrected chi connectivity index (χ3v) is 4.28. The first-order valence-corrected chi connectivity index (χ1v) is 8.42. The van der Waals surface area contributed by atoms with Crippen molar-refractivity contribution >= 4 is 5.84 Å². The minimum Gasteiger partial charge on any atom is -0.384 e. The summed E-state index contributed by atoms with van der Waals surface area (Å²) < 4.78 is 5.40. The van der Waals surface area contributed by atoms with E-state index in [0.717, 1.165) is 31.1 Å². The summed E-state index contributed by atoms with van der Waals surface area (Å²) in [5.74, 6) is 1.29. The second kappa shape index (κ2) is 6.45. The van der Waals surface area contributed by atoms with Gasteiger partial charge in [-0.05, 0) is 12.8 Å². The highest BCUT2D eigenvalue weighted by Gasteiger charge is 2.33. The highest BCUT2D eigenvalue weighted by Crippen LogP contribution is 2.21. The van der Waals surface area contributed by atoms with Gasteiger partial charge in [-0.2, -0.15) is 0 Å². The van der Waals surface area contributed by atoms with Crippen LogP contribution < -0.4 is 22.1 Å². The van der Waals surface area contributed by atoms with Crippen molar-refractivity contribution in [3.63, 3.8) is 0 Å². The molecule has 24 heavy (non-hydrogen) atoms. The van der Waals surface area contributed by atoms with Crippen LogP contribution in [0, 0.1) is 0 Å². The second-order valence-corrected chi connectivity index (χ2v) is 6.97. The van der Waals surface area contributed by atoms with Crippen LogP contribution in [-0.4, -0.2) is 47.4 Å². The first-order chi connectivity index (χ1) is 11.3. The number of hydrogen-bond donors (Lipinski definition) is 4. The molecule has 1 saturated heterocycles. The Morgan fingerprint density at radius 2 is 2.29 bits per heavy atom. The third kappa shape index (κ3) is 3.70. The molecule has 1 aromatic rings. The van der Waals surface area contributed by atoms with Gasteiger partial charge in [0.2, 0.25) is 0 Å². The smallest absolute Gasteiger partial charge is 0.192 e. The van der Waals surface area contributed by atoms with E-state index in [1.165, 1.54) is 0 Å². The lowest BCUT2D eigenvalue weighted by molar-refractivity contribution is 0.210. The molecule has 3 rings (SSSR count). The number of rotatable bonds is 4. The molecule has 1 fully saturated rings. The zero-order valence-corrected chi connectivity index (χ0v) is 14.5. The second-order valence-electron chi connectivity index (χ2n) is 6.97. The first kappa shape index (κ1) is 16.8. The molecule has 0 aromatic carbocycles. The van der Waals surface area contributed by atoms with Gasteiger partial charge in [0, 0.05) is 37.8 Å². The Morgan fingerprint density at radius 3 is 2.96 bits per heavy atom. The molecule has 1 unspecified atom stereocenters. The topological polar surface area (TPSA) is 118 Å². The van der Waals surface area contributed by atoms with Crippen molar-refractivity contribution in [3.8, 4) is 0 Å². The van der Waals surface area contributed by atoms with Gasteiger partial charge in [-0.1, -0.05) is 19.0 Å². The van der Waals surface area contributed by atoms with Crippen molar-refractivity contribution in [2.75, 3.05) is 19.6 Å². The van der Waals surface area contributed by atoms with E-state index >= 15 is 0 Å². The molecule has 0 saturated carbocycles. The lowest BCUT2D eigenvalue weighted by atomic mass is 10.1. The maximum absolute atomic E-state index is 6.45. The number of piperazine rings is 1. The fourth-order valence-electron chi connectivity index (χ4n) is 3.04. The predicted molar refractivity (Wildman–Crippen MR) is 93.1 cm³/mol. The van der Waals surface area contributed by atoms with Gasteiger partial charge in [0.15, 0.2) is 5.79 Å². The number of nitrogens with one attached hydrogen (secondary N) is 2. The zero-order valence-electron chi connectivity index (χ0n) is 14.5. The molecule has 0 spiro atoms. The largest absolute Gasteiger partial charge is 0.384 e. The van der Waals surface area contributed by atoms with Gasteiger partial charge in [-0.25, -0.2) is 4.99 Å². The van der Waals surface area contributed by atoms with Gasteiger partial charge < -0.3 is 25.8 Å². The summed E-state index contributed by atoms with van der Waals surface area (Å²) in [7, 11) is 0. The van der Waals surface area contributed by atoms with Gasteiger partial charge in [0.05, 0.1) is 12.1 Å². The minimum atomic E-state index is -1.03. The van der Waals surface area contributed by atoms with Crippen molar-refractivity contribution in [2.45, 2.75) is 44.9 Å². The van der Waals surface area contributed by atoms with E-state index in [9.17, 15) is 0 Å². The molecule has 0 amide bonds. The molecular weight excluding hydrogens is 306 g/mol. The maximum Gasteiger partial charge on any atom is 0.192 e. The summed E-state index contributed by atoms with van der Waals surface area (Å²) >= 11 is 0. The Morgan fingerprint density at radius 1 is 1.50 bits per heavy atom. The van der Waals surface area contributed by atoms with E-state index in [1.54, 1.807) is 0 Å². The van der Waals surface area contributed by atoms with Crippen molar-refractivity contribution in [3.05, 3.63) is 29.4 Å². The number of nitrogens with zero attached hydrogens (tertiary/aromatic N) is 3. The molecule has 2 aliphatic heterocycles. The molecule has 132 valence electrons. The molecule has 0 aliphatic carbocycles. The summed E-state index contributed by atoms with van der Waals surface area (Å²) in [5, 5.41) is 10.8. The van der Waals surface area contributed by atoms with Crippen LogP contribution in [0.5, 0.6) is 0 Å². The molecule has 8 nitrogen and oxygen atoms in total. The predicted octanol–water partition coefficient (Wildman–Crippen LogP) is 0.0485. The van der Waals surface area contributed by atoms with Crippen LogP contribution in [0.4, 0.5) is 0 Å². The number of aliphatic imine (C=N–C) groups is 1. The lowest BCUT2D eigenvalue weighted by Crippen LogP contribution is -2.60. The molecule has 1 aromatic heterocycles. The summed E-state index contributed by atoms with van der Waals surface area (Å²) in [6.07, 6.45) is 2.22. The fraction of sp³-hybridized carbons (Fsp3) is 0.625. The summed E-state index contributed by atoms with van der Waals surface area (Å²) in [5.41, 5.74) is 13.4. The molecule has 0 bridgehead atoms. The van der Waals surface area contributed by atoms with Crippen LogP contribution in [0.3, 0.4) is 0 Å². The summed E-state index contributed by atoms with van der Waals surface area (Å²) in [6, 6.07) is 2.34. The van der Waals surface area contributed by atoms with Crippen molar-refractivity contribution in [2.24, 2.45) is 16.5 Å². The van der Waals surface area contributed by atoms with E-state index in [2.05, 4.69) is 46.5 Å². The highest BCUT2D eigenvalue weighted by atomic mass is 16.5. The molecule has 8 heteroatoms. The van der Waals surface area contributed by atoms with E-state index < -0.39 is 5.79 Å². The number of aromatic nitrogens is 1. The third-order valence-electron chi connectivity index (χ3n) is 4.28. The zero-order chi connectivity index (χ0) is 17.3. The van der Waals surface area contributed by atoms with Gasteiger partial charge >= 0.3 is 0 Å². The van der Waals surface area contributed by atoms with Gasteiger partial charge in [-0.3, -0.25) is 5.73 Å². The van der Waals surface area contributed by atoms with E-state index in [0.29, 0.717) is 30.0 Å². The molecule has 3 heterocycles. The van der Waals surface area contributed by atoms with Crippen molar-refractivity contribution in [1.82, 2.24) is 20.7 Å². The first-order valence-electron chi connectivity index (χ1n) is 8.42. The maximum atomic E-state index is 6.45. The number of amidine groups is 1. The molecule has 2 atom stereocenters. The Kier molecular flexibility index (Phi) is 4.51. The van der Waals surface area contributed by atoms with Crippen LogP contribution in [0.2, 0.25) is 0 Å². The Labute approximate surface area is 142 Å². The average Bonchev–Trinajstić information content (AvgIpc) is 2.94. The van der Waals surface area contributed by atoms with Gasteiger partial charge in [-0.15, -0.1) is 0 Å². The Hall–Kier alpha value is -2.06. The lowest BCUT2D eigenvalue weighted by Gasteiger charge is -2.40. The Balaban J connectivity index is 1.74. The van der Waals surface area contributed by atoms with Crippen LogP contribution in [-0.2, 0) is 6.42 Å². The molecule has 2 aliphatic rings. The quantitative estimate of drug-likeness (QED) is 0.615. The fourth-order valence-corrected chi connectivity index (χ4v) is 3.04. The number of nitrogens with two attached hydrogens (primary N) is 2. The highest BCUT2D eigenvalue weighted by molar-refractivity contribution is 5.92. The van der Waals surface area contributed by atoms with Crippen LogP contribution in [0.1, 0.15) is 38.1 Å². The molecule has 0 radical (unpaired) electrons. The number of hydrogen-bond acceptors (Lipinski definition) is 8.